The Morgan fingerprint density at radius 3 is 1.38 bits per heavy atom. The second-order valence-electron chi connectivity index (χ2n) is 9.61. The fourth-order valence-electron chi connectivity index (χ4n) is 5.46. The number of carboxylic acids is 2. The van der Waals surface area contributed by atoms with Gasteiger partial charge in [-0.05, 0) is 64.2 Å². The third-order valence-electron chi connectivity index (χ3n) is 7.50. The van der Waals surface area contributed by atoms with Crippen molar-refractivity contribution in [3.8, 4) is 0 Å². The van der Waals surface area contributed by atoms with E-state index in [1.807, 2.05) is 0 Å². The first-order valence-electron chi connectivity index (χ1n) is 12.1. The lowest BCUT2D eigenvalue weighted by Crippen LogP contribution is -2.33. The van der Waals surface area contributed by atoms with Crippen molar-refractivity contribution in [3.63, 3.8) is 0 Å². The average molecular weight is 407 g/mol. The molecule has 4 nitrogen and oxygen atoms in total. The van der Waals surface area contributed by atoms with Gasteiger partial charge >= 0.3 is 11.9 Å². The molecular formula is C25H42O4. The van der Waals surface area contributed by atoms with Crippen LogP contribution >= 0.6 is 0 Å². The minimum Gasteiger partial charge on any atom is -0.481 e. The fourth-order valence-corrected chi connectivity index (χ4v) is 5.46. The van der Waals surface area contributed by atoms with E-state index >= 15 is 0 Å². The maximum atomic E-state index is 11.7. The molecule has 0 aromatic heterocycles. The van der Waals surface area contributed by atoms with E-state index in [1.165, 1.54) is 12.8 Å². The van der Waals surface area contributed by atoms with E-state index in [1.54, 1.807) is 0 Å². The predicted octanol–water partition coefficient (Wildman–Crippen LogP) is 7.12. The van der Waals surface area contributed by atoms with Crippen LogP contribution in [0.4, 0.5) is 0 Å². The van der Waals surface area contributed by atoms with Crippen LogP contribution in [0.15, 0.2) is 12.2 Å². The third kappa shape index (κ3) is 7.46. The number of rotatable bonds is 13. The monoisotopic (exact) mass is 406 g/mol. The first kappa shape index (κ1) is 24.0. The Kier molecular flexibility index (Phi) is 10.2. The molecule has 2 aliphatic rings. The molecule has 0 atom stereocenters. The second kappa shape index (κ2) is 12.4. The van der Waals surface area contributed by atoms with Gasteiger partial charge in [0.1, 0.15) is 0 Å². The summed E-state index contributed by atoms with van der Waals surface area (Å²) in [6.07, 6.45) is 23.8. The van der Waals surface area contributed by atoms with E-state index in [-0.39, 0.29) is 0 Å². The Morgan fingerprint density at radius 2 is 0.966 bits per heavy atom. The highest BCUT2D eigenvalue weighted by Gasteiger charge is 2.39. The molecule has 2 rings (SSSR count). The molecule has 2 aliphatic carbocycles. The summed E-state index contributed by atoms with van der Waals surface area (Å²) in [6.45, 7) is 0. The molecule has 0 unspecified atom stereocenters. The molecule has 0 aromatic carbocycles. The van der Waals surface area contributed by atoms with Gasteiger partial charge in [-0.1, -0.05) is 69.9 Å². The van der Waals surface area contributed by atoms with E-state index < -0.39 is 22.8 Å². The molecule has 0 saturated heterocycles. The van der Waals surface area contributed by atoms with Crippen molar-refractivity contribution in [2.24, 2.45) is 10.8 Å². The molecule has 0 bridgehead atoms. The highest BCUT2D eigenvalue weighted by Crippen LogP contribution is 2.42. The Bertz CT molecular complexity index is 525. The minimum absolute atomic E-state index is 0.431. The molecule has 0 aliphatic heterocycles. The lowest BCUT2D eigenvalue weighted by Gasteiger charge is -2.33. The summed E-state index contributed by atoms with van der Waals surface area (Å²) >= 11 is 0. The highest BCUT2D eigenvalue weighted by molar-refractivity contribution is 5.75. The lowest BCUT2D eigenvalue weighted by molar-refractivity contribution is -0.152. The molecular weight excluding hydrogens is 364 g/mol. The molecule has 0 heterocycles. The van der Waals surface area contributed by atoms with Gasteiger partial charge in [-0.15, -0.1) is 0 Å². The second-order valence-corrected chi connectivity index (χ2v) is 9.61. The van der Waals surface area contributed by atoms with Gasteiger partial charge < -0.3 is 10.2 Å². The largest absolute Gasteiger partial charge is 0.481 e. The zero-order valence-corrected chi connectivity index (χ0v) is 18.3. The standard InChI is InChI=1S/C25H42O4/c26-22(27)24(18-12-8-13-19-24)16-10-6-4-2-1-3-5-7-11-17-25(23(28)29)20-14-9-15-21-25/h1-2H,3-21H2,(H,26,27)(H,28,29). The number of carbonyl (C=O) groups is 2. The first-order chi connectivity index (χ1) is 14.0. The SMILES string of the molecule is O=C(O)C1(CCCCC=CCCCCCC2(C(=O)O)CCCCC2)CCCCC1. The Balaban J connectivity index is 1.51. The van der Waals surface area contributed by atoms with Crippen molar-refractivity contribution < 1.29 is 19.8 Å². The van der Waals surface area contributed by atoms with Crippen molar-refractivity contribution in [2.75, 3.05) is 0 Å². The fraction of sp³-hybridized carbons (Fsp3) is 0.840. The van der Waals surface area contributed by atoms with Crippen LogP contribution in [0.5, 0.6) is 0 Å². The molecule has 2 N–H and O–H groups in total. The predicted molar refractivity (Wildman–Crippen MR) is 117 cm³/mol. The van der Waals surface area contributed by atoms with Crippen LogP contribution in [-0.4, -0.2) is 22.2 Å². The van der Waals surface area contributed by atoms with Gasteiger partial charge in [-0.25, -0.2) is 0 Å². The van der Waals surface area contributed by atoms with Crippen LogP contribution in [0.25, 0.3) is 0 Å². The molecule has 2 fully saturated rings. The number of allylic oxidation sites excluding steroid dienone is 2. The Labute approximate surface area is 177 Å². The average Bonchev–Trinajstić information content (AvgIpc) is 2.73. The van der Waals surface area contributed by atoms with E-state index in [9.17, 15) is 19.8 Å². The van der Waals surface area contributed by atoms with Crippen molar-refractivity contribution in [2.45, 2.75) is 122 Å². The Morgan fingerprint density at radius 1 is 0.586 bits per heavy atom. The summed E-state index contributed by atoms with van der Waals surface area (Å²) in [5.41, 5.74) is -0.868. The van der Waals surface area contributed by atoms with Crippen molar-refractivity contribution >= 4 is 11.9 Å². The maximum Gasteiger partial charge on any atom is 0.309 e. The smallest absolute Gasteiger partial charge is 0.309 e. The van der Waals surface area contributed by atoms with E-state index in [4.69, 9.17) is 0 Å². The number of aliphatic carboxylic acids is 2. The minimum atomic E-state index is -0.578. The lowest BCUT2D eigenvalue weighted by atomic mass is 9.71. The zero-order valence-electron chi connectivity index (χ0n) is 18.3. The summed E-state index contributed by atoms with van der Waals surface area (Å²) in [4.78, 5) is 23.4. The van der Waals surface area contributed by atoms with Crippen LogP contribution in [0, 0.1) is 10.8 Å². The van der Waals surface area contributed by atoms with E-state index in [0.717, 1.165) is 109 Å². The normalized spacial score (nSPS) is 21.2. The summed E-state index contributed by atoms with van der Waals surface area (Å²) in [5, 5.41) is 19.2. The molecule has 29 heavy (non-hydrogen) atoms. The van der Waals surface area contributed by atoms with Crippen LogP contribution in [-0.2, 0) is 9.59 Å². The highest BCUT2D eigenvalue weighted by atomic mass is 16.4. The first-order valence-corrected chi connectivity index (χ1v) is 12.1. The molecule has 0 aromatic rings. The molecule has 2 saturated carbocycles. The molecule has 0 amide bonds. The van der Waals surface area contributed by atoms with Crippen molar-refractivity contribution in [1.29, 1.82) is 0 Å². The van der Waals surface area contributed by atoms with Crippen LogP contribution in [0.3, 0.4) is 0 Å². The molecule has 0 spiro atoms. The number of unbranched alkanes of at least 4 members (excludes halogenated alkanes) is 5. The number of hydrogen-bond acceptors (Lipinski definition) is 2. The summed E-state index contributed by atoms with van der Waals surface area (Å²) < 4.78 is 0. The van der Waals surface area contributed by atoms with Gasteiger partial charge in [0, 0.05) is 0 Å². The molecule has 0 radical (unpaired) electrons. The van der Waals surface area contributed by atoms with E-state index in [2.05, 4.69) is 12.2 Å². The van der Waals surface area contributed by atoms with Gasteiger partial charge in [0.25, 0.3) is 0 Å². The van der Waals surface area contributed by atoms with Gasteiger partial charge in [0.15, 0.2) is 0 Å². The third-order valence-corrected chi connectivity index (χ3v) is 7.50. The molecule has 166 valence electrons. The molecule has 4 heteroatoms. The number of hydrogen-bond donors (Lipinski definition) is 2. The maximum absolute atomic E-state index is 11.7. The van der Waals surface area contributed by atoms with Gasteiger partial charge in [-0.3, -0.25) is 9.59 Å². The van der Waals surface area contributed by atoms with Crippen LogP contribution in [0.2, 0.25) is 0 Å². The van der Waals surface area contributed by atoms with Gasteiger partial charge in [-0.2, -0.15) is 0 Å². The van der Waals surface area contributed by atoms with Gasteiger partial charge in [0.2, 0.25) is 0 Å². The Hall–Kier alpha value is -1.32. The topological polar surface area (TPSA) is 74.6 Å². The summed E-state index contributed by atoms with van der Waals surface area (Å²) in [6, 6.07) is 0. The van der Waals surface area contributed by atoms with Crippen molar-refractivity contribution in [1.82, 2.24) is 0 Å². The van der Waals surface area contributed by atoms with Crippen LogP contribution < -0.4 is 0 Å². The summed E-state index contributed by atoms with van der Waals surface area (Å²) in [7, 11) is 0. The summed E-state index contributed by atoms with van der Waals surface area (Å²) in [5.74, 6) is -1.15. The van der Waals surface area contributed by atoms with Crippen molar-refractivity contribution in [3.05, 3.63) is 12.2 Å². The quantitative estimate of drug-likeness (QED) is 0.252. The van der Waals surface area contributed by atoms with Gasteiger partial charge in [0.05, 0.1) is 10.8 Å². The number of carboxylic acid groups (broad SMARTS) is 2. The zero-order chi connectivity index (χ0) is 21.0. The van der Waals surface area contributed by atoms with E-state index in [0.29, 0.717) is 0 Å². The van der Waals surface area contributed by atoms with Crippen LogP contribution in [0.1, 0.15) is 122 Å².